The Balaban J connectivity index is 1.42. The van der Waals surface area contributed by atoms with Gasteiger partial charge in [-0.1, -0.05) is 91.0 Å². The Labute approximate surface area is 237 Å². The molecule has 1 saturated heterocycles. The lowest BCUT2D eigenvalue weighted by Gasteiger charge is -2.43. The van der Waals surface area contributed by atoms with Crippen LogP contribution in [-0.4, -0.2) is 53.5 Å². The van der Waals surface area contributed by atoms with E-state index >= 15 is 0 Å². The van der Waals surface area contributed by atoms with Gasteiger partial charge in [-0.25, -0.2) is 8.78 Å². The van der Waals surface area contributed by atoms with Crippen molar-refractivity contribution < 1.29 is 8.78 Å². The molecule has 3 nitrogen and oxygen atoms in total. The van der Waals surface area contributed by atoms with Gasteiger partial charge in [0.2, 0.25) is 0 Å². The summed E-state index contributed by atoms with van der Waals surface area (Å²) in [6.45, 7) is 5.45. The average Bonchev–Trinajstić information content (AvgIpc) is 2.95. The summed E-state index contributed by atoms with van der Waals surface area (Å²) in [5.74, 6) is -1.04. The van der Waals surface area contributed by atoms with E-state index in [2.05, 4.69) is 101 Å². The third kappa shape index (κ3) is 8.07. The van der Waals surface area contributed by atoms with Crippen molar-refractivity contribution >= 4 is 0 Å². The molecule has 1 fully saturated rings. The number of benzene rings is 4. The Morgan fingerprint density at radius 1 is 0.700 bits per heavy atom. The number of hydrogen-bond acceptors (Lipinski definition) is 3. The van der Waals surface area contributed by atoms with Gasteiger partial charge in [0.1, 0.15) is 11.6 Å². The van der Waals surface area contributed by atoms with Gasteiger partial charge in [0.15, 0.2) is 0 Å². The van der Waals surface area contributed by atoms with Gasteiger partial charge < -0.3 is 4.90 Å². The normalized spacial score (nSPS) is 17.2. The van der Waals surface area contributed by atoms with Crippen molar-refractivity contribution in [3.8, 4) is 0 Å². The largest absolute Gasteiger partial charge is 0.301 e. The molecule has 2 atom stereocenters. The van der Waals surface area contributed by atoms with E-state index in [-0.39, 0.29) is 6.04 Å². The highest BCUT2D eigenvalue weighted by Gasteiger charge is 2.30. The first kappa shape index (κ1) is 28.2. The Morgan fingerprint density at radius 2 is 1.23 bits per heavy atom. The zero-order chi connectivity index (χ0) is 27.7. The molecule has 1 heterocycles. The lowest BCUT2D eigenvalue weighted by Crippen LogP contribution is -2.53. The molecule has 0 saturated carbocycles. The first-order chi connectivity index (χ1) is 19.5. The fraction of sp³-hybridized carbons (Fsp3) is 0.314. The molecule has 0 N–H and O–H groups in total. The highest BCUT2D eigenvalue weighted by atomic mass is 19.1. The van der Waals surface area contributed by atoms with Crippen molar-refractivity contribution in [3.05, 3.63) is 143 Å². The van der Waals surface area contributed by atoms with E-state index in [1.54, 1.807) is 0 Å². The first-order valence-electron chi connectivity index (χ1n) is 14.3. The number of rotatable bonds is 11. The second kappa shape index (κ2) is 13.8. The van der Waals surface area contributed by atoms with Crippen LogP contribution in [0.2, 0.25) is 0 Å². The zero-order valence-corrected chi connectivity index (χ0v) is 23.3. The standard InChI is InChI=1S/C35H39F2N3/c1-38-17-18-39(24-28-11-5-2-6-12-28)27-35(38)23-34(21-31-19-32(36)22-33(37)20-31)40(25-29-13-7-3-8-14-29)26-30-15-9-4-10-16-30/h2-16,19-20,22,34-35H,17-18,21,23-27H2,1H3/t34?,35-/m0/s1. The van der Waals surface area contributed by atoms with Gasteiger partial charge in [0, 0.05) is 57.4 Å². The summed E-state index contributed by atoms with van der Waals surface area (Å²) < 4.78 is 28.6. The van der Waals surface area contributed by atoms with E-state index < -0.39 is 11.6 Å². The Morgan fingerprint density at radius 3 is 1.77 bits per heavy atom. The molecule has 0 aromatic heterocycles. The summed E-state index contributed by atoms with van der Waals surface area (Å²) in [7, 11) is 2.21. The molecule has 4 aromatic rings. The van der Waals surface area contributed by atoms with E-state index in [4.69, 9.17) is 0 Å². The van der Waals surface area contributed by atoms with Crippen molar-refractivity contribution in [2.75, 3.05) is 26.7 Å². The second-order valence-corrected chi connectivity index (χ2v) is 11.1. The highest BCUT2D eigenvalue weighted by molar-refractivity contribution is 5.21. The van der Waals surface area contributed by atoms with Gasteiger partial charge in [-0.2, -0.15) is 0 Å². The number of likely N-dealkylation sites (N-methyl/N-ethyl adjacent to an activating group) is 1. The Hall–Kier alpha value is -3.38. The molecule has 1 unspecified atom stereocenters. The minimum absolute atomic E-state index is 0.0886. The SMILES string of the molecule is CN1CCN(Cc2ccccc2)C[C@@H]1CC(Cc1cc(F)cc(F)c1)N(Cc1ccccc1)Cc1ccccc1. The summed E-state index contributed by atoms with van der Waals surface area (Å²) in [4.78, 5) is 7.50. The molecule has 1 aliphatic rings. The van der Waals surface area contributed by atoms with Crippen LogP contribution in [0.3, 0.4) is 0 Å². The van der Waals surface area contributed by atoms with Crippen LogP contribution in [0.4, 0.5) is 8.78 Å². The summed E-state index contributed by atoms with van der Waals surface area (Å²) >= 11 is 0. The van der Waals surface area contributed by atoms with Crippen molar-refractivity contribution in [1.82, 2.24) is 14.7 Å². The molecule has 5 heteroatoms. The van der Waals surface area contributed by atoms with Crippen molar-refractivity contribution in [3.63, 3.8) is 0 Å². The molecule has 208 valence electrons. The second-order valence-electron chi connectivity index (χ2n) is 11.1. The van der Waals surface area contributed by atoms with Crippen molar-refractivity contribution in [2.24, 2.45) is 0 Å². The molecule has 0 amide bonds. The smallest absolute Gasteiger partial charge is 0.126 e. The minimum Gasteiger partial charge on any atom is -0.301 e. The monoisotopic (exact) mass is 539 g/mol. The van der Waals surface area contributed by atoms with Crippen LogP contribution < -0.4 is 0 Å². The molecule has 0 bridgehead atoms. The molecule has 40 heavy (non-hydrogen) atoms. The van der Waals surface area contributed by atoms with Gasteiger partial charge in [-0.15, -0.1) is 0 Å². The van der Waals surface area contributed by atoms with Gasteiger partial charge >= 0.3 is 0 Å². The third-order valence-electron chi connectivity index (χ3n) is 8.02. The number of nitrogens with zero attached hydrogens (tertiary/aromatic N) is 3. The predicted molar refractivity (Wildman–Crippen MR) is 159 cm³/mol. The quantitative estimate of drug-likeness (QED) is 0.208. The fourth-order valence-electron chi connectivity index (χ4n) is 5.88. The van der Waals surface area contributed by atoms with Crippen LogP contribution in [0.25, 0.3) is 0 Å². The van der Waals surface area contributed by atoms with E-state index in [1.165, 1.54) is 28.8 Å². The maximum Gasteiger partial charge on any atom is 0.126 e. The van der Waals surface area contributed by atoms with E-state index in [1.807, 2.05) is 12.1 Å². The van der Waals surface area contributed by atoms with Crippen LogP contribution in [0, 0.1) is 11.6 Å². The van der Waals surface area contributed by atoms with Gasteiger partial charge in [0.05, 0.1) is 0 Å². The molecule has 4 aromatic carbocycles. The summed E-state index contributed by atoms with van der Waals surface area (Å²) in [6, 6.07) is 36.0. The fourth-order valence-corrected chi connectivity index (χ4v) is 5.88. The summed E-state index contributed by atoms with van der Waals surface area (Å²) in [5, 5.41) is 0. The Kier molecular flexibility index (Phi) is 9.72. The number of piperazine rings is 1. The molecular formula is C35H39F2N3. The topological polar surface area (TPSA) is 9.72 Å². The van der Waals surface area contributed by atoms with Crippen LogP contribution >= 0.6 is 0 Å². The van der Waals surface area contributed by atoms with E-state index in [0.29, 0.717) is 18.0 Å². The molecule has 0 radical (unpaired) electrons. The Bertz CT molecular complexity index is 1250. The van der Waals surface area contributed by atoms with Crippen molar-refractivity contribution in [2.45, 2.75) is 44.6 Å². The summed E-state index contributed by atoms with van der Waals surface area (Å²) in [6.07, 6.45) is 1.48. The third-order valence-corrected chi connectivity index (χ3v) is 8.02. The zero-order valence-electron chi connectivity index (χ0n) is 23.3. The lowest BCUT2D eigenvalue weighted by molar-refractivity contribution is 0.0574. The van der Waals surface area contributed by atoms with Crippen LogP contribution in [-0.2, 0) is 26.1 Å². The average molecular weight is 540 g/mol. The molecule has 1 aliphatic heterocycles. The number of halogens is 2. The van der Waals surface area contributed by atoms with Gasteiger partial charge in [-0.05, 0) is 54.3 Å². The van der Waals surface area contributed by atoms with E-state index in [9.17, 15) is 8.78 Å². The van der Waals surface area contributed by atoms with Gasteiger partial charge in [-0.3, -0.25) is 9.80 Å². The maximum atomic E-state index is 14.3. The first-order valence-corrected chi connectivity index (χ1v) is 14.3. The van der Waals surface area contributed by atoms with Crippen molar-refractivity contribution in [1.29, 1.82) is 0 Å². The number of hydrogen-bond donors (Lipinski definition) is 0. The van der Waals surface area contributed by atoms with Crippen LogP contribution in [0.15, 0.2) is 109 Å². The van der Waals surface area contributed by atoms with Crippen LogP contribution in [0.5, 0.6) is 0 Å². The minimum atomic E-state index is -0.518. The molecule has 0 aliphatic carbocycles. The molecule has 0 spiro atoms. The summed E-state index contributed by atoms with van der Waals surface area (Å²) in [5.41, 5.74) is 4.49. The predicted octanol–water partition coefficient (Wildman–Crippen LogP) is 6.78. The lowest BCUT2D eigenvalue weighted by atomic mass is 9.94. The molecule has 5 rings (SSSR count). The van der Waals surface area contributed by atoms with E-state index in [0.717, 1.165) is 51.8 Å². The van der Waals surface area contributed by atoms with Gasteiger partial charge in [0.25, 0.3) is 0 Å². The molecular weight excluding hydrogens is 500 g/mol. The highest BCUT2D eigenvalue weighted by Crippen LogP contribution is 2.25. The van der Waals surface area contributed by atoms with Crippen LogP contribution in [0.1, 0.15) is 28.7 Å². The maximum absolute atomic E-state index is 14.3.